The molecule has 3 atom stereocenters. The average Bonchev–Trinajstić information content (AvgIpc) is 2.76. The van der Waals surface area contributed by atoms with Crippen LogP contribution in [0.25, 0.3) is 0 Å². The summed E-state index contributed by atoms with van der Waals surface area (Å²) in [5.74, 6) is -0.626. The molecule has 3 unspecified atom stereocenters. The Morgan fingerprint density at radius 2 is 2.05 bits per heavy atom. The van der Waals surface area contributed by atoms with Gasteiger partial charge in [0.15, 0.2) is 0 Å². The van der Waals surface area contributed by atoms with Gasteiger partial charge in [-0.3, -0.25) is 4.90 Å². The molecule has 1 N–H and O–H groups in total. The highest BCUT2D eigenvalue weighted by molar-refractivity contribution is 5.36. The number of aliphatic hydroxyl groups excluding tert-OH is 1. The topological polar surface area (TPSA) is 23.5 Å². The number of hydrogen-bond acceptors (Lipinski definition) is 2. The summed E-state index contributed by atoms with van der Waals surface area (Å²) in [5, 5.41) is 9.98. The summed E-state index contributed by atoms with van der Waals surface area (Å²) in [6.45, 7) is 3.54. The van der Waals surface area contributed by atoms with Crippen molar-refractivity contribution in [1.82, 2.24) is 4.90 Å². The summed E-state index contributed by atoms with van der Waals surface area (Å²) < 4.78 is 27.1. The lowest BCUT2D eigenvalue weighted by Crippen LogP contribution is -2.44. The maximum Gasteiger partial charge on any atom is 0.129 e. The van der Waals surface area contributed by atoms with Gasteiger partial charge in [0.2, 0.25) is 0 Å². The van der Waals surface area contributed by atoms with Gasteiger partial charge in [-0.15, -0.1) is 0 Å². The van der Waals surface area contributed by atoms with Crippen LogP contribution in [0.15, 0.2) is 12.1 Å². The molecule has 1 aliphatic carbocycles. The smallest absolute Gasteiger partial charge is 0.129 e. The minimum Gasteiger partial charge on any atom is -0.392 e. The number of benzene rings is 1. The number of rotatable bonds is 1. The van der Waals surface area contributed by atoms with Gasteiger partial charge in [0.25, 0.3) is 0 Å². The van der Waals surface area contributed by atoms with E-state index in [2.05, 4.69) is 4.90 Å². The van der Waals surface area contributed by atoms with Crippen molar-refractivity contribution in [3.8, 4) is 0 Å². The van der Waals surface area contributed by atoms with Gasteiger partial charge in [-0.1, -0.05) is 6.92 Å². The normalized spacial score (nSPS) is 31.5. The maximum atomic E-state index is 13.7. The molecule has 1 fully saturated rings. The fraction of sp³-hybridized carbons (Fsp3) is 0.600. The van der Waals surface area contributed by atoms with Gasteiger partial charge in [-0.25, -0.2) is 8.78 Å². The minimum absolute atomic E-state index is 0.0577. The predicted octanol–water partition coefficient (Wildman–Crippen LogP) is 2.65. The lowest BCUT2D eigenvalue weighted by Gasteiger charge is -2.38. The molecular weight excluding hydrogens is 248 g/mol. The molecule has 0 bridgehead atoms. The summed E-state index contributed by atoms with van der Waals surface area (Å²) in [7, 11) is 0. The maximum absolute atomic E-state index is 13.7. The summed E-state index contributed by atoms with van der Waals surface area (Å²) in [6.07, 6.45) is 2.08. The Bertz CT molecular complexity index is 491. The summed E-state index contributed by atoms with van der Waals surface area (Å²) in [6, 6.07) is 2.48. The van der Waals surface area contributed by atoms with E-state index >= 15 is 0 Å². The number of fused-ring (bicyclic) bond motifs is 1. The number of likely N-dealkylation sites (tertiary alicyclic amines) is 1. The summed E-state index contributed by atoms with van der Waals surface area (Å²) in [4.78, 5) is 2.18. The Morgan fingerprint density at radius 3 is 2.79 bits per heavy atom. The van der Waals surface area contributed by atoms with Crippen LogP contribution in [0, 0.1) is 17.6 Å². The second-order valence-electron chi connectivity index (χ2n) is 5.84. The Morgan fingerprint density at radius 1 is 1.26 bits per heavy atom. The van der Waals surface area contributed by atoms with E-state index in [4.69, 9.17) is 0 Å². The summed E-state index contributed by atoms with van der Waals surface area (Å²) in [5.41, 5.74) is 1.43. The minimum atomic E-state index is -0.505. The Hall–Kier alpha value is -1.00. The van der Waals surface area contributed by atoms with E-state index in [1.54, 1.807) is 0 Å². The van der Waals surface area contributed by atoms with Crippen molar-refractivity contribution in [3.63, 3.8) is 0 Å². The molecule has 0 saturated carbocycles. The zero-order valence-corrected chi connectivity index (χ0v) is 11.1. The lowest BCUT2D eigenvalue weighted by molar-refractivity contribution is 0.00972. The molecule has 1 aromatic carbocycles. The van der Waals surface area contributed by atoms with E-state index in [1.165, 1.54) is 6.07 Å². The number of halogens is 2. The molecule has 4 heteroatoms. The van der Waals surface area contributed by atoms with Crippen molar-refractivity contribution in [2.45, 2.75) is 38.3 Å². The Kier molecular flexibility index (Phi) is 3.31. The largest absolute Gasteiger partial charge is 0.392 e. The van der Waals surface area contributed by atoms with E-state index in [0.29, 0.717) is 24.4 Å². The number of hydrogen-bond donors (Lipinski definition) is 1. The highest BCUT2D eigenvalue weighted by atomic mass is 19.1. The van der Waals surface area contributed by atoms with E-state index in [1.807, 2.05) is 6.92 Å². The molecule has 0 radical (unpaired) electrons. The molecule has 1 aromatic rings. The third-order valence-electron chi connectivity index (χ3n) is 4.61. The summed E-state index contributed by atoms with van der Waals surface area (Å²) >= 11 is 0. The third-order valence-corrected chi connectivity index (χ3v) is 4.61. The monoisotopic (exact) mass is 267 g/mol. The van der Waals surface area contributed by atoms with E-state index in [0.717, 1.165) is 31.0 Å². The van der Waals surface area contributed by atoms with Crippen LogP contribution in [0.4, 0.5) is 8.78 Å². The molecule has 2 nitrogen and oxygen atoms in total. The van der Waals surface area contributed by atoms with Crippen molar-refractivity contribution >= 4 is 0 Å². The van der Waals surface area contributed by atoms with Crippen LogP contribution >= 0.6 is 0 Å². The SMILES string of the molecule is CC1CCN(C2CCc3c(F)cc(F)cc32)CC1O. The molecule has 1 heterocycles. The van der Waals surface area contributed by atoms with Crippen molar-refractivity contribution in [2.24, 2.45) is 5.92 Å². The van der Waals surface area contributed by atoms with Crippen molar-refractivity contribution in [3.05, 3.63) is 34.9 Å². The number of β-amino-alcohol motifs (C(OH)–C–C–N with tert-alkyl or cyclic N) is 1. The van der Waals surface area contributed by atoms with Gasteiger partial charge in [0.1, 0.15) is 11.6 Å². The van der Waals surface area contributed by atoms with E-state index in [9.17, 15) is 13.9 Å². The van der Waals surface area contributed by atoms with Gasteiger partial charge in [0.05, 0.1) is 6.10 Å². The second kappa shape index (κ2) is 4.84. The van der Waals surface area contributed by atoms with Gasteiger partial charge >= 0.3 is 0 Å². The van der Waals surface area contributed by atoms with Gasteiger partial charge in [-0.05, 0) is 48.9 Å². The first kappa shape index (κ1) is 13.0. The van der Waals surface area contributed by atoms with Crippen molar-refractivity contribution in [2.75, 3.05) is 13.1 Å². The third kappa shape index (κ3) is 2.28. The standard InChI is InChI=1S/C15H19F2NO/c1-9-4-5-18(8-15(9)19)14-3-2-11-12(14)6-10(16)7-13(11)17/h6-7,9,14-15,19H,2-5,8H2,1H3. The molecule has 1 aliphatic heterocycles. The average molecular weight is 267 g/mol. The van der Waals surface area contributed by atoms with Crippen molar-refractivity contribution in [1.29, 1.82) is 0 Å². The van der Waals surface area contributed by atoms with Gasteiger partial charge in [0, 0.05) is 18.7 Å². The molecule has 19 heavy (non-hydrogen) atoms. The number of nitrogens with zero attached hydrogens (tertiary/aromatic N) is 1. The van der Waals surface area contributed by atoms with Crippen LogP contribution in [0.2, 0.25) is 0 Å². The molecule has 0 aromatic heterocycles. The van der Waals surface area contributed by atoms with E-state index in [-0.39, 0.29) is 12.1 Å². The first-order chi connectivity index (χ1) is 9.06. The molecule has 104 valence electrons. The Labute approximate surface area is 112 Å². The lowest BCUT2D eigenvalue weighted by atomic mass is 9.94. The van der Waals surface area contributed by atoms with Crippen LogP contribution in [-0.2, 0) is 6.42 Å². The van der Waals surface area contributed by atoms with Crippen molar-refractivity contribution < 1.29 is 13.9 Å². The quantitative estimate of drug-likeness (QED) is 0.845. The molecular formula is C15H19F2NO. The van der Waals surface area contributed by atoms with Crippen LogP contribution < -0.4 is 0 Å². The predicted molar refractivity (Wildman–Crippen MR) is 68.8 cm³/mol. The Balaban J connectivity index is 1.86. The number of aliphatic hydroxyl groups is 1. The molecule has 0 spiro atoms. The molecule has 3 rings (SSSR count). The first-order valence-electron chi connectivity index (χ1n) is 6.96. The van der Waals surface area contributed by atoms with Gasteiger partial charge in [-0.2, -0.15) is 0 Å². The van der Waals surface area contributed by atoms with Crippen LogP contribution in [0.3, 0.4) is 0 Å². The second-order valence-corrected chi connectivity index (χ2v) is 5.84. The fourth-order valence-corrected chi connectivity index (χ4v) is 3.36. The van der Waals surface area contributed by atoms with Crippen LogP contribution in [0.1, 0.15) is 36.9 Å². The highest BCUT2D eigenvalue weighted by Gasteiger charge is 2.34. The fourth-order valence-electron chi connectivity index (χ4n) is 3.36. The zero-order valence-electron chi connectivity index (χ0n) is 11.1. The molecule has 0 amide bonds. The first-order valence-corrected chi connectivity index (χ1v) is 6.96. The zero-order chi connectivity index (χ0) is 13.6. The molecule has 2 aliphatic rings. The van der Waals surface area contributed by atoms with E-state index < -0.39 is 11.6 Å². The number of piperidine rings is 1. The van der Waals surface area contributed by atoms with Crippen LogP contribution in [-0.4, -0.2) is 29.2 Å². The highest BCUT2D eigenvalue weighted by Crippen LogP contribution is 2.39. The molecule has 1 saturated heterocycles. The van der Waals surface area contributed by atoms with Gasteiger partial charge < -0.3 is 5.11 Å². The van der Waals surface area contributed by atoms with Crippen LogP contribution in [0.5, 0.6) is 0 Å².